The molecule has 0 spiro atoms. The lowest BCUT2D eigenvalue weighted by Crippen LogP contribution is -2.21. The van der Waals surface area contributed by atoms with Crippen LogP contribution in [0.25, 0.3) is 0 Å². The Labute approximate surface area is 105 Å². The summed E-state index contributed by atoms with van der Waals surface area (Å²) in [5.41, 5.74) is 0. The molecule has 1 atom stereocenters. The highest BCUT2D eigenvalue weighted by atomic mass is 16.5. The first-order valence-electron chi connectivity index (χ1n) is 6.73. The first-order chi connectivity index (χ1) is 8.01. The molecule has 0 saturated heterocycles. The van der Waals surface area contributed by atoms with E-state index in [0.717, 1.165) is 32.1 Å². The van der Waals surface area contributed by atoms with Gasteiger partial charge in [0.15, 0.2) is 0 Å². The van der Waals surface area contributed by atoms with Crippen molar-refractivity contribution in [1.29, 1.82) is 0 Å². The first kappa shape index (κ1) is 16.1. The van der Waals surface area contributed by atoms with Crippen LogP contribution in [-0.2, 0) is 14.3 Å². The number of rotatable bonds is 9. The molecule has 0 aliphatic heterocycles. The molecule has 0 aromatic carbocycles. The molecule has 0 aliphatic rings. The van der Waals surface area contributed by atoms with Crippen LogP contribution < -0.4 is 0 Å². The molecule has 0 aromatic heterocycles. The lowest BCUT2D eigenvalue weighted by molar-refractivity contribution is -0.150. The fraction of sp³-hybridized carbons (Fsp3) is 0.857. The van der Waals surface area contributed by atoms with Crippen LogP contribution >= 0.6 is 0 Å². The van der Waals surface area contributed by atoms with Crippen molar-refractivity contribution in [1.82, 2.24) is 0 Å². The van der Waals surface area contributed by atoms with Gasteiger partial charge in [0.2, 0.25) is 0 Å². The summed E-state index contributed by atoms with van der Waals surface area (Å²) in [4.78, 5) is 23.2. The largest absolute Gasteiger partial charge is 0.463 e. The van der Waals surface area contributed by atoms with E-state index in [9.17, 15) is 9.59 Å². The summed E-state index contributed by atoms with van der Waals surface area (Å²) >= 11 is 0. The number of Topliss-reactive ketones (excluding diaryl/α,β-unsaturated/α-hetero) is 1. The van der Waals surface area contributed by atoms with Gasteiger partial charge in [-0.25, -0.2) is 0 Å². The van der Waals surface area contributed by atoms with Crippen LogP contribution in [0.5, 0.6) is 0 Å². The Hall–Kier alpha value is -0.860. The zero-order valence-electron chi connectivity index (χ0n) is 11.6. The quantitative estimate of drug-likeness (QED) is 0.353. The third-order valence-corrected chi connectivity index (χ3v) is 2.79. The minimum absolute atomic E-state index is 0.0289. The minimum atomic E-state index is -0.390. The fourth-order valence-electron chi connectivity index (χ4n) is 1.82. The molecule has 17 heavy (non-hydrogen) atoms. The predicted molar refractivity (Wildman–Crippen MR) is 68.8 cm³/mol. The van der Waals surface area contributed by atoms with E-state index in [-0.39, 0.29) is 30.2 Å². The number of hydrogen-bond donors (Lipinski definition) is 0. The van der Waals surface area contributed by atoms with Gasteiger partial charge in [-0.05, 0) is 26.7 Å². The summed E-state index contributed by atoms with van der Waals surface area (Å²) in [5, 5.41) is 0. The van der Waals surface area contributed by atoms with E-state index in [0.29, 0.717) is 0 Å². The molecule has 0 rings (SSSR count). The zero-order chi connectivity index (χ0) is 13.3. The molecule has 0 heterocycles. The molecule has 1 unspecified atom stereocenters. The van der Waals surface area contributed by atoms with Crippen molar-refractivity contribution in [2.24, 2.45) is 5.92 Å². The van der Waals surface area contributed by atoms with Crippen molar-refractivity contribution in [3.05, 3.63) is 0 Å². The molecule has 3 nitrogen and oxygen atoms in total. The summed E-state index contributed by atoms with van der Waals surface area (Å²) in [5.74, 6) is -0.325. The Morgan fingerprint density at radius 2 is 1.76 bits per heavy atom. The lowest BCUT2D eigenvalue weighted by atomic mass is 9.92. The van der Waals surface area contributed by atoms with Crippen LogP contribution in [0.4, 0.5) is 0 Å². The smallest absolute Gasteiger partial charge is 0.313 e. The summed E-state index contributed by atoms with van der Waals surface area (Å²) < 4.78 is 4.98. The molecule has 0 N–H and O–H groups in total. The molecule has 3 heteroatoms. The average molecular weight is 242 g/mol. The van der Waals surface area contributed by atoms with E-state index < -0.39 is 0 Å². The molecule has 0 radical (unpaired) electrons. The SMILES string of the molecule is CCCCCC(CC)C(=O)CC(=O)OC(C)C. The number of ether oxygens (including phenoxy) is 1. The number of unbranched alkanes of at least 4 members (excludes halogenated alkanes) is 2. The first-order valence-corrected chi connectivity index (χ1v) is 6.73. The van der Waals surface area contributed by atoms with Gasteiger partial charge in [-0.15, -0.1) is 0 Å². The van der Waals surface area contributed by atoms with E-state index in [1.54, 1.807) is 13.8 Å². The van der Waals surface area contributed by atoms with Crippen molar-refractivity contribution in [3.63, 3.8) is 0 Å². The maximum Gasteiger partial charge on any atom is 0.313 e. The Kier molecular flexibility index (Phi) is 8.73. The summed E-state index contributed by atoms with van der Waals surface area (Å²) in [6.45, 7) is 7.73. The van der Waals surface area contributed by atoms with Gasteiger partial charge < -0.3 is 4.74 Å². The molecular formula is C14H26O3. The Balaban J connectivity index is 4.02. The van der Waals surface area contributed by atoms with Crippen LogP contribution in [0.2, 0.25) is 0 Å². The van der Waals surface area contributed by atoms with Crippen LogP contribution in [-0.4, -0.2) is 17.9 Å². The number of carbonyl (C=O) groups excluding carboxylic acids is 2. The van der Waals surface area contributed by atoms with E-state index in [1.807, 2.05) is 6.92 Å². The van der Waals surface area contributed by atoms with Crippen molar-refractivity contribution in [2.45, 2.75) is 72.3 Å². The molecule has 100 valence electrons. The third kappa shape index (κ3) is 7.94. The average Bonchev–Trinajstić information content (AvgIpc) is 2.22. The fourth-order valence-corrected chi connectivity index (χ4v) is 1.82. The highest BCUT2D eigenvalue weighted by Crippen LogP contribution is 2.16. The third-order valence-electron chi connectivity index (χ3n) is 2.79. The Bertz CT molecular complexity index is 234. The van der Waals surface area contributed by atoms with Gasteiger partial charge in [0, 0.05) is 5.92 Å². The van der Waals surface area contributed by atoms with Gasteiger partial charge in [0.1, 0.15) is 12.2 Å². The van der Waals surface area contributed by atoms with Crippen LogP contribution in [0.1, 0.15) is 66.2 Å². The summed E-state index contributed by atoms with van der Waals surface area (Å²) in [6, 6.07) is 0. The normalized spacial score (nSPS) is 12.5. The highest BCUT2D eigenvalue weighted by molar-refractivity contribution is 5.96. The van der Waals surface area contributed by atoms with Gasteiger partial charge in [-0.1, -0.05) is 33.1 Å². The standard InChI is InChI=1S/C14H26O3/c1-5-7-8-9-12(6-2)13(15)10-14(16)17-11(3)4/h11-12H,5-10H2,1-4H3. The zero-order valence-corrected chi connectivity index (χ0v) is 11.6. The molecule has 0 amide bonds. The summed E-state index contributed by atoms with van der Waals surface area (Å²) in [7, 11) is 0. The second-order valence-corrected chi connectivity index (χ2v) is 4.78. The van der Waals surface area contributed by atoms with Crippen LogP contribution in [0.3, 0.4) is 0 Å². The topological polar surface area (TPSA) is 43.4 Å². The molecule has 0 bridgehead atoms. The number of hydrogen-bond acceptors (Lipinski definition) is 3. The summed E-state index contributed by atoms with van der Waals surface area (Å²) in [6.07, 6.45) is 4.88. The second-order valence-electron chi connectivity index (χ2n) is 4.78. The number of esters is 1. The minimum Gasteiger partial charge on any atom is -0.463 e. The maximum atomic E-state index is 11.9. The molecule has 0 aromatic rings. The van der Waals surface area contributed by atoms with Crippen LogP contribution in [0.15, 0.2) is 0 Å². The van der Waals surface area contributed by atoms with Crippen molar-refractivity contribution in [3.8, 4) is 0 Å². The van der Waals surface area contributed by atoms with Gasteiger partial charge in [-0.2, -0.15) is 0 Å². The van der Waals surface area contributed by atoms with Gasteiger partial charge in [-0.3, -0.25) is 9.59 Å². The Morgan fingerprint density at radius 3 is 2.24 bits per heavy atom. The van der Waals surface area contributed by atoms with E-state index in [2.05, 4.69) is 6.92 Å². The molecule has 0 saturated carbocycles. The van der Waals surface area contributed by atoms with Gasteiger partial charge >= 0.3 is 5.97 Å². The van der Waals surface area contributed by atoms with Gasteiger partial charge in [0.25, 0.3) is 0 Å². The van der Waals surface area contributed by atoms with E-state index in [1.165, 1.54) is 0 Å². The Morgan fingerprint density at radius 1 is 1.12 bits per heavy atom. The van der Waals surface area contributed by atoms with Crippen LogP contribution in [0, 0.1) is 5.92 Å². The van der Waals surface area contributed by atoms with E-state index in [4.69, 9.17) is 4.74 Å². The predicted octanol–water partition coefficient (Wildman–Crippen LogP) is 3.50. The van der Waals surface area contributed by atoms with E-state index >= 15 is 0 Å². The lowest BCUT2D eigenvalue weighted by Gasteiger charge is -2.13. The van der Waals surface area contributed by atoms with Crippen molar-refractivity contribution >= 4 is 11.8 Å². The molecular weight excluding hydrogens is 216 g/mol. The number of ketones is 1. The second kappa shape index (κ2) is 9.20. The maximum absolute atomic E-state index is 11.9. The van der Waals surface area contributed by atoms with Crippen molar-refractivity contribution < 1.29 is 14.3 Å². The molecule has 0 fully saturated rings. The monoisotopic (exact) mass is 242 g/mol. The highest BCUT2D eigenvalue weighted by Gasteiger charge is 2.20. The van der Waals surface area contributed by atoms with Crippen molar-refractivity contribution in [2.75, 3.05) is 0 Å². The molecule has 0 aliphatic carbocycles. The van der Waals surface area contributed by atoms with Gasteiger partial charge in [0.05, 0.1) is 6.10 Å². The number of carbonyl (C=O) groups is 2.